The van der Waals surface area contributed by atoms with Crippen molar-refractivity contribution in [1.29, 1.82) is 5.26 Å². The first-order valence-electron chi connectivity index (χ1n) is 6.09. The van der Waals surface area contributed by atoms with Crippen molar-refractivity contribution in [3.05, 3.63) is 23.4 Å². The van der Waals surface area contributed by atoms with Gasteiger partial charge in [-0.3, -0.25) is 0 Å². The van der Waals surface area contributed by atoms with E-state index in [1.807, 2.05) is 6.07 Å². The molecule has 0 amide bonds. The normalized spacial score (nSPS) is 12.8. The Labute approximate surface area is 115 Å². The molecule has 1 unspecified atom stereocenters. The molecule has 1 aromatic heterocycles. The fourth-order valence-corrected chi connectivity index (χ4v) is 1.91. The number of likely N-dealkylation sites (N-methyl/N-ethyl adjacent to an activating group) is 1. The monoisotopic (exact) mass is 287 g/mol. The van der Waals surface area contributed by atoms with Gasteiger partial charge in [-0.15, -0.1) is 0 Å². The second kappa shape index (κ2) is 6.57. The van der Waals surface area contributed by atoms with Gasteiger partial charge >= 0.3 is 6.18 Å². The third-order valence-electron chi connectivity index (χ3n) is 2.84. The molecule has 4 nitrogen and oxygen atoms in total. The molecule has 0 aliphatic carbocycles. The maximum Gasteiger partial charge on any atom is 0.433 e. The summed E-state index contributed by atoms with van der Waals surface area (Å²) in [5.74, 6) is 0.0365. The lowest BCUT2D eigenvalue weighted by atomic mass is 10.2. The first kappa shape index (κ1) is 16.2. The zero-order valence-electron chi connectivity index (χ0n) is 11.5. The van der Waals surface area contributed by atoms with Crippen molar-refractivity contribution >= 4 is 5.82 Å². The number of aromatic nitrogens is 1. The van der Waals surface area contributed by atoms with Crippen LogP contribution in [0.25, 0.3) is 0 Å². The predicted octanol–water partition coefficient (Wildman–Crippen LogP) is 2.83. The number of nitrogens with zero attached hydrogens (tertiary/aromatic N) is 3. The van der Waals surface area contributed by atoms with Crippen molar-refractivity contribution in [2.24, 2.45) is 0 Å². The molecule has 0 saturated heterocycles. The highest BCUT2D eigenvalue weighted by Gasteiger charge is 2.34. The van der Waals surface area contributed by atoms with Crippen LogP contribution in [-0.2, 0) is 10.9 Å². The Bertz CT molecular complexity index is 497. The van der Waals surface area contributed by atoms with Crippen LogP contribution in [0.3, 0.4) is 0 Å². The average Bonchev–Trinajstić information content (AvgIpc) is 2.38. The Morgan fingerprint density at radius 3 is 2.55 bits per heavy atom. The quantitative estimate of drug-likeness (QED) is 0.835. The third kappa shape index (κ3) is 3.61. The van der Waals surface area contributed by atoms with Crippen molar-refractivity contribution in [2.45, 2.75) is 26.1 Å². The van der Waals surface area contributed by atoms with Crippen LogP contribution in [0.4, 0.5) is 19.0 Å². The summed E-state index contributed by atoms with van der Waals surface area (Å²) in [6, 6.07) is 3.65. The van der Waals surface area contributed by atoms with Gasteiger partial charge in [0.2, 0.25) is 0 Å². The number of nitriles is 1. The second-order valence-corrected chi connectivity index (χ2v) is 4.27. The SMILES string of the molecule is CCN(c1nc(C(F)(F)F)ccc1C#N)C(C)COC. The number of pyridine rings is 1. The summed E-state index contributed by atoms with van der Waals surface area (Å²) in [4.78, 5) is 5.23. The standard InChI is InChI=1S/C13H16F3N3O/c1-4-19(9(2)8-20-3)12-10(7-17)5-6-11(18-12)13(14,15)16/h5-6,9H,4,8H2,1-3H3. The van der Waals surface area contributed by atoms with Gasteiger partial charge in [-0.2, -0.15) is 18.4 Å². The summed E-state index contributed by atoms with van der Waals surface area (Å²) < 4.78 is 43.2. The van der Waals surface area contributed by atoms with E-state index in [9.17, 15) is 13.2 Å². The van der Waals surface area contributed by atoms with Gasteiger partial charge in [0.05, 0.1) is 18.2 Å². The van der Waals surface area contributed by atoms with Crippen molar-refractivity contribution < 1.29 is 17.9 Å². The molecular weight excluding hydrogens is 271 g/mol. The van der Waals surface area contributed by atoms with Crippen LogP contribution in [0.1, 0.15) is 25.1 Å². The number of anilines is 1. The molecule has 0 spiro atoms. The van der Waals surface area contributed by atoms with Crippen LogP contribution in [0.5, 0.6) is 0 Å². The van der Waals surface area contributed by atoms with Gasteiger partial charge in [0.25, 0.3) is 0 Å². The number of hydrogen-bond donors (Lipinski definition) is 0. The van der Waals surface area contributed by atoms with Gasteiger partial charge in [0.15, 0.2) is 0 Å². The molecule has 0 fully saturated rings. The zero-order chi connectivity index (χ0) is 15.3. The van der Waals surface area contributed by atoms with Crippen LogP contribution in [0.2, 0.25) is 0 Å². The summed E-state index contributed by atoms with van der Waals surface area (Å²) >= 11 is 0. The molecule has 1 aromatic rings. The number of halogens is 3. The first-order chi connectivity index (χ1) is 9.35. The van der Waals surface area contributed by atoms with E-state index in [0.717, 1.165) is 12.1 Å². The lowest BCUT2D eigenvalue weighted by Crippen LogP contribution is -2.37. The van der Waals surface area contributed by atoms with Crippen molar-refractivity contribution in [2.75, 3.05) is 25.2 Å². The summed E-state index contributed by atoms with van der Waals surface area (Å²) in [5, 5.41) is 9.04. The lowest BCUT2D eigenvalue weighted by molar-refractivity contribution is -0.141. The highest BCUT2D eigenvalue weighted by molar-refractivity contribution is 5.55. The van der Waals surface area contributed by atoms with Crippen molar-refractivity contribution in [3.63, 3.8) is 0 Å². The molecule has 0 radical (unpaired) electrons. The Morgan fingerprint density at radius 2 is 2.10 bits per heavy atom. The van der Waals surface area contributed by atoms with E-state index in [2.05, 4.69) is 4.98 Å². The van der Waals surface area contributed by atoms with E-state index >= 15 is 0 Å². The lowest BCUT2D eigenvalue weighted by Gasteiger charge is -2.29. The Balaban J connectivity index is 3.28. The largest absolute Gasteiger partial charge is 0.433 e. The first-order valence-corrected chi connectivity index (χ1v) is 6.09. The van der Waals surface area contributed by atoms with Crippen LogP contribution in [0.15, 0.2) is 12.1 Å². The molecule has 0 aromatic carbocycles. The smallest absolute Gasteiger partial charge is 0.383 e. The van der Waals surface area contributed by atoms with E-state index in [1.54, 1.807) is 18.7 Å². The van der Waals surface area contributed by atoms with Gasteiger partial charge in [-0.05, 0) is 26.0 Å². The molecule has 0 saturated carbocycles. The zero-order valence-corrected chi connectivity index (χ0v) is 11.5. The van der Waals surface area contributed by atoms with Gasteiger partial charge in [0, 0.05) is 13.7 Å². The number of ether oxygens (including phenoxy) is 1. The molecule has 1 rings (SSSR count). The van der Waals surface area contributed by atoms with Gasteiger partial charge in [-0.1, -0.05) is 0 Å². The molecular formula is C13H16F3N3O. The number of alkyl halides is 3. The molecule has 0 bridgehead atoms. The second-order valence-electron chi connectivity index (χ2n) is 4.27. The van der Waals surface area contributed by atoms with Crippen molar-refractivity contribution in [3.8, 4) is 6.07 Å². The summed E-state index contributed by atoms with van der Waals surface area (Å²) in [6.07, 6.45) is -4.54. The minimum absolute atomic E-state index is 0.0365. The van der Waals surface area contributed by atoms with E-state index in [0.29, 0.717) is 13.2 Å². The fourth-order valence-electron chi connectivity index (χ4n) is 1.91. The fraction of sp³-hybridized carbons (Fsp3) is 0.538. The number of rotatable bonds is 5. The molecule has 20 heavy (non-hydrogen) atoms. The number of hydrogen-bond acceptors (Lipinski definition) is 4. The highest BCUT2D eigenvalue weighted by atomic mass is 19.4. The topological polar surface area (TPSA) is 49.2 Å². The molecule has 1 heterocycles. The summed E-state index contributed by atoms with van der Waals surface area (Å²) in [5.41, 5.74) is -0.891. The van der Waals surface area contributed by atoms with Crippen LogP contribution in [0, 0.1) is 11.3 Å². The average molecular weight is 287 g/mol. The minimum Gasteiger partial charge on any atom is -0.383 e. The van der Waals surface area contributed by atoms with Crippen LogP contribution in [-0.4, -0.2) is 31.3 Å². The molecule has 7 heteroatoms. The predicted molar refractivity (Wildman–Crippen MR) is 68.3 cm³/mol. The molecule has 0 aliphatic rings. The minimum atomic E-state index is -4.54. The van der Waals surface area contributed by atoms with Gasteiger partial charge in [-0.25, -0.2) is 4.98 Å². The Hall–Kier alpha value is -1.81. The molecule has 1 atom stereocenters. The van der Waals surface area contributed by atoms with Crippen molar-refractivity contribution in [1.82, 2.24) is 4.98 Å². The van der Waals surface area contributed by atoms with Crippen LogP contribution >= 0.6 is 0 Å². The van der Waals surface area contributed by atoms with E-state index < -0.39 is 11.9 Å². The highest BCUT2D eigenvalue weighted by Crippen LogP contribution is 2.30. The molecule has 0 N–H and O–H groups in total. The third-order valence-corrected chi connectivity index (χ3v) is 2.84. The van der Waals surface area contributed by atoms with Crippen LogP contribution < -0.4 is 4.90 Å². The van der Waals surface area contributed by atoms with E-state index in [4.69, 9.17) is 10.00 Å². The van der Waals surface area contributed by atoms with Gasteiger partial charge in [0.1, 0.15) is 17.6 Å². The molecule has 0 aliphatic heterocycles. The van der Waals surface area contributed by atoms with E-state index in [1.165, 1.54) is 7.11 Å². The van der Waals surface area contributed by atoms with Gasteiger partial charge < -0.3 is 9.64 Å². The Kier molecular flexibility index (Phi) is 5.34. The maximum atomic E-state index is 12.7. The maximum absolute atomic E-state index is 12.7. The summed E-state index contributed by atoms with van der Waals surface area (Å²) in [7, 11) is 1.51. The Morgan fingerprint density at radius 1 is 1.45 bits per heavy atom. The summed E-state index contributed by atoms with van der Waals surface area (Å²) in [6.45, 7) is 4.34. The number of methoxy groups -OCH3 is 1. The molecule has 110 valence electrons. The van der Waals surface area contributed by atoms with E-state index in [-0.39, 0.29) is 17.4 Å².